The first-order valence-corrected chi connectivity index (χ1v) is 21.9. The minimum Gasteiger partial charge on any atom is -0.358 e. The first kappa shape index (κ1) is 33.3. The molecule has 0 bridgehead atoms. The summed E-state index contributed by atoms with van der Waals surface area (Å²) in [5, 5.41) is 10.5. The molecule has 220 valence electrons. The van der Waals surface area contributed by atoms with Crippen LogP contribution < -0.4 is 0 Å². The van der Waals surface area contributed by atoms with Crippen LogP contribution in [0.2, 0.25) is 0 Å². The topological polar surface area (TPSA) is 0 Å². The summed E-state index contributed by atoms with van der Waals surface area (Å²) in [5.74, 6) is 0. The second kappa shape index (κ2) is 15.4. The summed E-state index contributed by atoms with van der Waals surface area (Å²) in [5.41, 5.74) is 5.27. The average molecular weight is 689 g/mol. The Kier molecular flexibility index (Phi) is 11.7. The molecule has 0 atom stereocenters. The Morgan fingerprint density at radius 3 is 1.14 bits per heavy atom. The molecule has 3 heteroatoms. The van der Waals surface area contributed by atoms with Crippen molar-refractivity contribution in [2.45, 2.75) is 0 Å². The van der Waals surface area contributed by atoms with Crippen LogP contribution in [0, 0.1) is 14.9 Å². The van der Waals surface area contributed by atoms with E-state index in [1.807, 2.05) is 0 Å². The van der Waals surface area contributed by atoms with Crippen molar-refractivity contribution in [2.24, 2.45) is 0 Å². The molecule has 0 saturated carbocycles. The second-order valence-electron chi connectivity index (χ2n) is 10.1. The number of rotatable bonds is 2. The Hall–Kier alpha value is -3.61. The molecule has 0 heterocycles. The van der Waals surface area contributed by atoms with Crippen LogP contribution in [-0.2, 0) is 18.9 Å². The van der Waals surface area contributed by atoms with Gasteiger partial charge >= 0.3 is 40.1 Å². The molecule has 0 aliphatic carbocycles. The quantitative estimate of drug-likeness (QED) is 0.159. The molecule has 0 spiro atoms. The zero-order valence-corrected chi connectivity index (χ0v) is 28.9. The van der Waals surface area contributed by atoms with Crippen LogP contribution in [0.1, 0.15) is 0 Å². The molecule has 0 aliphatic rings. The number of hydrogen-bond acceptors (Lipinski definition) is 0. The van der Waals surface area contributed by atoms with Gasteiger partial charge in [-0.1, -0.05) is 108 Å². The van der Waals surface area contributed by atoms with E-state index in [0.29, 0.717) is 0 Å². The Balaban J connectivity index is 0.000000172. The number of halogens is 2. The molecule has 44 heavy (non-hydrogen) atoms. The molecule has 0 amide bonds. The first-order chi connectivity index (χ1) is 20.6. The van der Waals surface area contributed by atoms with Gasteiger partial charge in [0.15, 0.2) is 0 Å². The molecular formula is C41H34Cl2Zr-4. The van der Waals surface area contributed by atoms with E-state index in [9.17, 15) is 0 Å². The van der Waals surface area contributed by atoms with Crippen LogP contribution in [0.5, 0.6) is 0 Å². The smallest absolute Gasteiger partial charge is 0.0114 e. The third-order valence-electron chi connectivity index (χ3n) is 7.52. The van der Waals surface area contributed by atoms with E-state index in [-0.39, 0.29) is 14.9 Å². The fourth-order valence-electron chi connectivity index (χ4n) is 5.72. The largest absolute Gasteiger partial charge is 0.358 e. The van der Waals surface area contributed by atoms with Crippen LogP contribution in [0.15, 0.2) is 158 Å². The molecule has 0 N–H and O–H groups in total. The van der Waals surface area contributed by atoms with Crippen LogP contribution in [0.4, 0.5) is 0 Å². The Morgan fingerprint density at radius 2 is 0.727 bits per heavy atom. The van der Waals surface area contributed by atoms with Crippen molar-refractivity contribution in [3.63, 3.8) is 0 Å². The fraction of sp³-hybridized carbons (Fsp3) is 0. The zero-order valence-electron chi connectivity index (χ0n) is 25.0. The van der Waals surface area contributed by atoms with Gasteiger partial charge in [-0.3, -0.25) is 0 Å². The van der Waals surface area contributed by atoms with E-state index >= 15 is 0 Å². The standard InChI is InChI=1S/2C19H13.2CH3.CH2.2ClH.Zr/c2*1-2-10-16-14(6-1)8-4-12-18(16)19-13-5-9-15-7-3-11-17(15)19;;;;;;/h2*1-13H;2*1H3;1H2;2*1H;/q4*-1;;;;+2/p-2. The summed E-state index contributed by atoms with van der Waals surface area (Å²) in [4.78, 5) is 0. The van der Waals surface area contributed by atoms with Crippen LogP contribution in [-0.4, -0.2) is 4.21 Å². The van der Waals surface area contributed by atoms with Crippen LogP contribution in [0.25, 0.3) is 65.3 Å². The van der Waals surface area contributed by atoms with Crippen molar-refractivity contribution in [1.29, 1.82) is 0 Å². The first-order valence-electron chi connectivity index (χ1n) is 13.9. The van der Waals surface area contributed by atoms with Gasteiger partial charge in [0.2, 0.25) is 0 Å². The minimum atomic E-state index is -1.85. The fourth-order valence-corrected chi connectivity index (χ4v) is 5.72. The maximum Gasteiger partial charge on any atom is -0.0114 e. The molecular weight excluding hydrogens is 655 g/mol. The van der Waals surface area contributed by atoms with Crippen LogP contribution >= 0.6 is 17.0 Å². The molecule has 0 saturated heterocycles. The van der Waals surface area contributed by atoms with E-state index in [2.05, 4.69) is 162 Å². The number of fused-ring (bicyclic) bond motifs is 4. The van der Waals surface area contributed by atoms with Crippen molar-refractivity contribution in [1.82, 2.24) is 0 Å². The SMILES string of the molecule is [CH2]=[Zr]([Cl])[Cl].[CH3-].[CH3-].c1ccc2c(-c3cccc4[cH-]ccc34)cccc2c1.c1ccc2c(-c3cccc4[cH-]ccc34)cccc2c1. The Bertz CT molecular complexity index is 1980. The van der Waals surface area contributed by atoms with Crippen LogP contribution in [0.3, 0.4) is 0 Å². The molecule has 8 rings (SSSR count). The second-order valence-corrected chi connectivity index (χ2v) is 18.3. The molecule has 0 aliphatic heterocycles. The van der Waals surface area contributed by atoms with Crippen molar-refractivity contribution in [3.8, 4) is 22.3 Å². The third kappa shape index (κ3) is 7.19. The van der Waals surface area contributed by atoms with Gasteiger partial charge in [0, 0.05) is 0 Å². The van der Waals surface area contributed by atoms with E-state index in [4.69, 9.17) is 17.0 Å². The van der Waals surface area contributed by atoms with Gasteiger partial charge in [0.05, 0.1) is 0 Å². The molecule has 0 radical (unpaired) electrons. The Labute approximate surface area is 276 Å². The Morgan fingerprint density at radius 1 is 0.409 bits per heavy atom. The van der Waals surface area contributed by atoms with Gasteiger partial charge in [-0.2, -0.15) is 24.3 Å². The van der Waals surface area contributed by atoms with E-state index < -0.39 is 18.9 Å². The van der Waals surface area contributed by atoms with Crippen molar-refractivity contribution >= 4 is 64.3 Å². The van der Waals surface area contributed by atoms with Gasteiger partial charge in [0.1, 0.15) is 0 Å². The summed E-state index contributed by atoms with van der Waals surface area (Å²) in [6, 6.07) is 56.2. The summed E-state index contributed by atoms with van der Waals surface area (Å²) in [6.07, 6.45) is 0. The molecule has 8 aromatic carbocycles. The summed E-state index contributed by atoms with van der Waals surface area (Å²) < 4.78 is 3.37. The normalized spacial score (nSPS) is 10.2. The summed E-state index contributed by atoms with van der Waals surface area (Å²) in [7, 11) is 10.3. The summed E-state index contributed by atoms with van der Waals surface area (Å²) >= 11 is -1.85. The number of benzene rings is 6. The third-order valence-corrected chi connectivity index (χ3v) is 7.52. The van der Waals surface area contributed by atoms with Gasteiger partial charge in [-0.25, -0.2) is 0 Å². The average Bonchev–Trinajstić information content (AvgIpc) is 3.71. The predicted molar refractivity (Wildman–Crippen MR) is 197 cm³/mol. The van der Waals surface area contributed by atoms with E-state index in [1.54, 1.807) is 0 Å². The maximum absolute atomic E-state index is 5.13. The van der Waals surface area contributed by atoms with Gasteiger partial charge < -0.3 is 14.9 Å². The summed E-state index contributed by atoms with van der Waals surface area (Å²) in [6.45, 7) is 0. The molecule has 0 aromatic heterocycles. The number of hydrogen-bond donors (Lipinski definition) is 0. The van der Waals surface area contributed by atoms with Gasteiger partial charge in [-0.15, -0.1) is 57.9 Å². The van der Waals surface area contributed by atoms with Gasteiger partial charge in [-0.05, 0) is 32.7 Å². The predicted octanol–water partition coefficient (Wildman–Crippen LogP) is 13.0. The van der Waals surface area contributed by atoms with Crippen molar-refractivity contribution in [2.75, 3.05) is 0 Å². The van der Waals surface area contributed by atoms with Gasteiger partial charge in [0.25, 0.3) is 0 Å². The zero-order chi connectivity index (χ0) is 28.9. The van der Waals surface area contributed by atoms with Crippen molar-refractivity contribution < 1.29 is 18.9 Å². The van der Waals surface area contributed by atoms with E-state index in [0.717, 1.165) is 0 Å². The minimum absolute atomic E-state index is 0. The maximum atomic E-state index is 5.13. The van der Waals surface area contributed by atoms with Crippen molar-refractivity contribution in [3.05, 3.63) is 173 Å². The molecule has 0 nitrogen and oxygen atoms in total. The molecule has 0 unspecified atom stereocenters. The van der Waals surface area contributed by atoms with E-state index in [1.165, 1.54) is 65.3 Å². The molecule has 8 aromatic rings. The molecule has 0 fully saturated rings. The monoisotopic (exact) mass is 686 g/mol.